The highest BCUT2D eigenvalue weighted by molar-refractivity contribution is 5.75. The number of nitrogens with one attached hydrogen (secondary N) is 1. The molecule has 0 aliphatic carbocycles. The summed E-state index contributed by atoms with van der Waals surface area (Å²) in [6.07, 6.45) is -0.0776. The van der Waals surface area contributed by atoms with Crippen LogP contribution in [0.25, 0.3) is 0 Å². The van der Waals surface area contributed by atoms with E-state index >= 15 is 0 Å². The second kappa shape index (κ2) is 6.27. The molecule has 2 rings (SSSR count). The zero-order valence-corrected chi connectivity index (χ0v) is 11.4. The number of benzene rings is 1. The predicted octanol–water partition coefficient (Wildman–Crippen LogP) is 1.37. The number of fused-ring (bicyclic) bond motifs is 1. The molecule has 1 aromatic carbocycles. The van der Waals surface area contributed by atoms with Gasteiger partial charge in [0.15, 0.2) is 0 Å². The highest BCUT2D eigenvalue weighted by Crippen LogP contribution is 2.24. The largest absolute Gasteiger partial charge is 0.491 e. The number of carbonyl (C=O) groups excluding carboxylic acids is 1. The number of carboxylic acid groups (broad SMARTS) is 1. The molecule has 1 aromatic rings. The first kappa shape index (κ1) is 14.2. The average Bonchev–Trinajstić information content (AvgIpc) is 2.59. The minimum absolute atomic E-state index is 0.0776. The summed E-state index contributed by atoms with van der Waals surface area (Å²) in [5.41, 5.74) is 2.08. The van der Waals surface area contributed by atoms with E-state index in [-0.39, 0.29) is 19.0 Å². The van der Waals surface area contributed by atoms with E-state index in [1.54, 1.807) is 4.90 Å². The molecule has 0 saturated carbocycles. The zero-order chi connectivity index (χ0) is 14.5. The van der Waals surface area contributed by atoms with E-state index < -0.39 is 5.97 Å². The van der Waals surface area contributed by atoms with Gasteiger partial charge in [-0.1, -0.05) is 17.7 Å². The monoisotopic (exact) mass is 278 g/mol. The van der Waals surface area contributed by atoms with Gasteiger partial charge in [-0.15, -0.1) is 0 Å². The fraction of sp³-hybridized carbons (Fsp3) is 0.429. The number of nitrogens with zero attached hydrogens (tertiary/aromatic N) is 1. The van der Waals surface area contributed by atoms with E-state index in [0.717, 1.165) is 16.9 Å². The standard InChI is InChI=1S/C14H18N2O4/c1-10-2-3-12-11(8-10)9-16(6-7-20-12)14(19)15-5-4-13(17)18/h2-3,8H,4-7,9H2,1H3,(H,15,19)(H,17,18). The molecular formula is C14H18N2O4. The Morgan fingerprint density at radius 3 is 3.00 bits per heavy atom. The van der Waals surface area contributed by atoms with Crippen molar-refractivity contribution in [1.29, 1.82) is 0 Å². The molecule has 108 valence electrons. The SMILES string of the molecule is Cc1ccc2c(c1)CN(C(=O)NCCC(=O)O)CCO2. The molecule has 0 radical (unpaired) electrons. The number of ether oxygens (including phenoxy) is 1. The molecule has 0 spiro atoms. The Labute approximate surface area is 117 Å². The maximum Gasteiger partial charge on any atom is 0.317 e. The lowest BCUT2D eigenvalue weighted by molar-refractivity contribution is -0.136. The second-order valence-electron chi connectivity index (χ2n) is 4.76. The van der Waals surface area contributed by atoms with Crippen molar-refractivity contribution in [2.75, 3.05) is 19.7 Å². The van der Waals surface area contributed by atoms with Crippen molar-refractivity contribution in [3.8, 4) is 5.75 Å². The highest BCUT2D eigenvalue weighted by atomic mass is 16.5. The third kappa shape index (κ3) is 3.63. The summed E-state index contributed by atoms with van der Waals surface area (Å²) in [4.78, 5) is 24.1. The van der Waals surface area contributed by atoms with Gasteiger partial charge in [-0.25, -0.2) is 4.79 Å². The van der Waals surface area contributed by atoms with E-state index in [9.17, 15) is 9.59 Å². The molecule has 2 N–H and O–H groups in total. The average molecular weight is 278 g/mol. The molecule has 6 nitrogen and oxygen atoms in total. The number of aryl methyl sites for hydroxylation is 1. The molecule has 0 unspecified atom stereocenters. The molecule has 1 aliphatic rings. The van der Waals surface area contributed by atoms with Crippen molar-refractivity contribution in [3.63, 3.8) is 0 Å². The Morgan fingerprint density at radius 1 is 1.45 bits per heavy atom. The normalized spacial score (nSPS) is 13.9. The number of hydrogen-bond donors (Lipinski definition) is 2. The van der Waals surface area contributed by atoms with Gasteiger partial charge in [-0.2, -0.15) is 0 Å². The Morgan fingerprint density at radius 2 is 2.25 bits per heavy atom. The van der Waals surface area contributed by atoms with Crippen molar-refractivity contribution in [1.82, 2.24) is 10.2 Å². The fourth-order valence-electron chi connectivity index (χ4n) is 2.08. The number of aliphatic carboxylic acids is 1. The smallest absolute Gasteiger partial charge is 0.317 e. The molecule has 1 heterocycles. The molecule has 20 heavy (non-hydrogen) atoms. The van der Waals surface area contributed by atoms with Crippen LogP contribution in [0.3, 0.4) is 0 Å². The van der Waals surface area contributed by atoms with Crippen LogP contribution >= 0.6 is 0 Å². The highest BCUT2D eigenvalue weighted by Gasteiger charge is 2.19. The van der Waals surface area contributed by atoms with Crippen molar-refractivity contribution >= 4 is 12.0 Å². The number of carbonyl (C=O) groups is 2. The molecule has 1 aliphatic heterocycles. The van der Waals surface area contributed by atoms with Crippen LogP contribution in [0.5, 0.6) is 5.75 Å². The maximum absolute atomic E-state index is 12.0. The van der Waals surface area contributed by atoms with E-state index in [1.807, 2.05) is 25.1 Å². The summed E-state index contributed by atoms with van der Waals surface area (Å²) < 4.78 is 5.61. The Bertz CT molecular complexity index is 516. The van der Waals surface area contributed by atoms with E-state index in [4.69, 9.17) is 9.84 Å². The Hall–Kier alpha value is -2.24. The minimum atomic E-state index is -0.925. The van der Waals surface area contributed by atoms with Crippen molar-refractivity contribution < 1.29 is 19.4 Å². The van der Waals surface area contributed by atoms with Gasteiger partial charge in [0, 0.05) is 12.1 Å². The van der Waals surface area contributed by atoms with Crippen LogP contribution < -0.4 is 10.1 Å². The summed E-state index contributed by atoms with van der Waals surface area (Å²) in [7, 11) is 0. The lowest BCUT2D eigenvalue weighted by Gasteiger charge is -2.20. The molecular weight excluding hydrogens is 260 g/mol. The van der Waals surface area contributed by atoms with Crippen LogP contribution in [-0.2, 0) is 11.3 Å². The number of urea groups is 1. The van der Waals surface area contributed by atoms with Gasteiger partial charge in [0.2, 0.25) is 0 Å². The molecule has 0 bridgehead atoms. The number of carboxylic acids is 1. The molecule has 0 aromatic heterocycles. The lowest BCUT2D eigenvalue weighted by Crippen LogP contribution is -2.41. The van der Waals surface area contributed by atoms with Gasteiger partial charge in [-0.05, 0) is 13.0 Å². The number of amides is 2. The Balaban J connectivity index is 1.99. The summed E-state index contributed by atoms with van der Waals surface area (Å²) >= 11 is 0. The molecule has 0 saturated heterocycles. The van der Waals surface area contributed by atoms with Crippen LogP contribution in [-0.4, -0.2) is 41.7 Å². The van der Waals surface area contributed by atoms with Crippen LogP contribution in [0, 0.1) is 6.92 Å². The van der Waals surface area contributed by atoms with Crippen LogP contribution in [0.15, 0.2) is 18.2 Å². The zero-order valence-electron chi connectivity index (χ0n) is 11.4. The number of hydrogen-bond acceptors (Lipinski definition) is 3. The van der Waals surface area contributed by atoms with Gasteiger partial charge in [0.1, 0.15) is 12.4 Å². The Kier molecular flexibility index (Phi) is 4.45. The van der Waals surface area contributed by atoms with E-state index in [0.29, 0.717) is 19.7 Å². The first-order valence-electron chi connectivity index (χ1n) is 6.53. The minimum Gasteiger partial charge on any atom is -0.491 e. The van der Waals surface area contributed by atoms with Gasteiger partial charge in [0.25, 0.3) is 0 Å². The first-order chi connectivity index (χ1) is 9.56. The fourth-order valence-corrected chi connectivity index (χ4v) is 2.08. The summed E-state index contributed by atoms with van der Waals surface area (Å²) in [6, 6.07) is 5.63. The maximum atomic E-state index is 12.0. The van der Waals surface area contributed by atoms with Crippen molar-refractivity contribution in [2.45, 2.75) is 19.9 Å². The third-order valence-electron chi connectivity index (χ3n) is 3.10. The van der Waals surface area contributed by atoms with E-state index in [2.05, 4.69) is 5.32 Å². The van der Waals surface area contributed by atoms with E-state index in [1.165, 1.54) is 0 Å². The van der Waals surface area contributed by atoms with Crippen LogP contribution in [0.1, 0.15) is 17.5 Å². The number of rotatable bonds is 3. The van der Waals surface area contributed by atoms with Crippen molar-refractivity contribution in [3.05, 3.63) is 29.3 Å². The van der Waals surface area contributed by atoms with Crippen molar-refractivity contribution in [2.24, 2.45) is 0 Å². The topological polar surface area (TPSA) is 78.9 Å². The molecule has 6 heteroatoms. The van der Waals surface area contributed by atoms with Crippen LogP contribution in [0.2, 0.25) is 0 Å². The molecule has 2 amide bonds. The third-order valence-corrected chi connectivity index (χ3v) is 3.10. The lowest BCUT2D eigenvalue weighted by atomic mass is 10.1. The molecule has 0 fully saturated rings. The van der Waals surface area contributed by atoms with Gasteiger partial charge in [-0.3, -0.25) is 4.79 Å². The second-order valence-corrected chi connectivity index (χ2v) is 4.76. The molecule has 0 atom stereocenters. The predicted molar refractivity (Wildman–Crippen MR) is 72.7 cm³/mol. The van der Waals surface area contributed by atoms with Crippen LogP contribution in [0.4, 0.5) is 4.79 Å². The summed E-state index contributed by atoms with van der Waals surface area (Å²) in [5.74, 6) is -0.123. The first-order valence-corrected chi connectivity index (χ1v) is 6.53. The van der Waals surface area contributed by atoms with Gasteiger partial charge in [0.05, 0.1) is 19.5 Å². The van der Waals surface area contributed by atoms with Gasteiger partial charge < -0.3 is 20.1 Å². The summed E-state index contributed by atoms with van der Waals surface area (Å²) in [6.45, 7) is 3.50. The summed E-state index contributed by atoms with van der Waals surface area (Å²) in [5, 5.41) is 11.2. The quantitative estimate of drug-likeness (QED) is 0.875. The van der Waals surface area contributed by atoms with Gasteiger partial charge >= 0.3 is 12.0 Å².